The highest BCUT2D eigenvalue weighted by molar-refractivity contribution is 7.98. The van der Waals surface area contributed by atoms with Gasteiger partial charge >= 0.3 is 0 Å². The number of rotatable bonds is 3. The number of nitro benzene ring substituents is 1. The molecule has 3 nitrogen and oxygen atoms in total. The van der Waals surface area contributed by atoms with E-state index in [1.807, 2.05) is 19.2 Å². The molecule has 0 unspecified atom stereocenters. The summed E-state index contributed by atoms with van der Waals surface area (Å²) in [6.45, 7) is 1.84. The van der Waals surface area contributed by atoms with Gasteiger partial charge in [-0.05, 0) is 25.3 Å². The zero-order valence-corrected chi connectivity index (χ0v) is 8.88. The lowest BCUT2D eigenvalue weighted by Crippen LogP contribution is -1.91. The maximum Gasteiger partial charge on any atom is 0.277 e. The van der Waals surface area contributed by atoms with Crippen LogP contribution in [0.25, 0.3) is 6.08 Å². The third-order valence-corrected chi connectivity index (χ3v) is 2.51. The van der Waals surface area contributed by atoms with Crippen molar-refractivity contribution in [3.63, 3.8) is 0 Å². The van der Waals surface area contributed by atoms with E-state index in [1.165, 1.54) is 11.8 Å². The highest BCUT2D eigenvalue weighted by Gasteiger charge is 2.11. The largest absolute Gasteiger partial charge is 0.277 e. The molecule has 1 aromatic carbocycles. The van der Waals surface area contributed by atoms with Crippen LogP contribution >= 0.6 is 11.8 Å². The van der Waals surface area contributed by atoms with Crippen molar-refractivity contribution in [2.75, 3.05) is 6.26 Å². The van der Waals surface area contributed by atoms with Gasteiger partial charge in [0.05, 0.1) is 10.5 Å². The molecule has 0 atom stereocenters. The Morgan fingerprint density at radius 1 is 1.50 bits per heavy atom. The molecule has 0 saturated heterocycles. The molecule has 0 saturated carbocycles. The Kier molecular flexibility index (Phi) is 3.71. The van der Waals surface area contributed by atoms with Gasteiger partial charge < -0.3 is 0 Å². The van der Waals surface area contributed by atoms with E-state index in [0.717, 1.165) is 4.90 Å². The lowest BCUT2D eigenvalue weighted by Gasteiger charge is -1.99. The van der Waals surface area contributed by atoms with E-state index < -0.39 is 0 Å². The minimum absolute atomic E-state index is 0.162. The van der Waals surface area contributed by atoms with Gasteiger partial charge in [0.25, 0.3) is 5.69 Å². The third kappa shape index (κ3) is 2.35. The van der Waals surface area contributed by atoms with Gasteiger partial charge in [-0.15, -0.1) is 11.8 Å². The Bertz CT molecular complexity index is 374. The molecule has 0 spiro atoms. The zero-order valence-electron chi connectivity index (χ0n) is 8.06. The summed E-state index contributed by atoms with van der Waals surface area (Å²) < 4.78 is 0. The van der Waals surface area contributed by atoms with Crippen LogP contribution in [-0.2, 0) is 0 Å². The summed E-state index contributed by atoms with van der Waals surface area (Å²) in [7, 11) is 0. The second-order valence-corrected chi connectivity index (χ2v) is 3.56. The van der Waals surface area contributed by atoms with Crippen LogP contribution in [-0.4, -0.2) is 11.2 Å². The topological polar surface area (TPSA) is 43.1 Å². The van der Waals surface area contributed by atoms with Crippen LogP contribution in [0.2, 0.25) is 0 Å². The quantitative estimate of drug-likeness (QED) is 0.435. The van der Waals surface area contributed by atoms with Crippen LogP contribution in [0.15, 0.2) is 29.2 Å². The first-order valence-electron chi connectivity index (χ1n) is 4.14. The Labute approximate surface area is 87.0 Å². The molecule has 0 bridgehead atoms. The number of thioether (sulfide) groups is 1. The highest BCUT2D eigenvalue weighted by atomic mass is 32.2. The van der Waals surface area contributed by atoms with Gasteiger partial charge in [0, 0.05) is 11.0 Å². The second-order valence-electron chi connectivity index (χ2n) is 2.68. The molecule has 74 valence electrons. The van der Waals surface area contributed by atoms with Crippen LogP contribution in [0.3, 0.4) is 0 Å². The van der Waals surface area contributed by atoms with Crippen LogP contribution in [0, 0.1) is 10.1 Å². The Morgan fingerprint density at radius 3 is 2.71 bits per heavy atom. The van der Waals surface area contributed by atoms with Crippen LogP contribution in [0.4, 0.5) is 5.69 Å². The molecule has 0 aliphatic heterocycles. The first kappa shape index (κ1) is 10.8. The summed E-state index contributed by atoms with van der Waals surface area (Å²) >= 11 is 1.50. The normalized spacial score (nSPS) is 10.7. The molecular formula is C10H11NO2S. The monoisotopic (exact) mass is 209 g/mol. The molecule has 4 heteroatoms. The smallest absolute Gasteiger partial charge is 0.258 e. The van der Waals surface area contributed by atoms with Crippen molar-refractivity contribution in [3.05, 3.63) is 40.0 Å². The maximum atomic E-state index is 10.7. The SMILES string of the molecule is C/C=C/c1ccc(SC)cc1[N+](=O)[O-]. The average Bonchev–Trinajstić information content (AvgIpc) is 2.18. The van der Waals surface area contributed by atoms with Gasteiger partial charge in [0.2, 0.25) is 0 Å². The molecular weight excluding hydrogens is 198 g/mol. The Morgan fingerprint density at radius 2 is 2.21 bits per heavy atom. The van der Waals surface area contributed by atoms with Crippen LogP contribution in [0.1, 0.15) is 12.5 Å². The number of hydrogen-bond donors (Lipinski definition) is 0. The van der Waals surface area contributed by atoms with E-state index in [0.29, 0.717) is 5.56 Å². The zero-order chi connectivity index (χ0) is 10.6. The standard InChI is InChI=1S/C10H11NO2S/c1-3-4-8-5-6-9(14-2)7-10(8)11(12)13/h3-7H,1-2H3/b4-3+. The highest BCUT2D eigenvalue weighted by Crippen LogP contribution is 2.26. The van der Waals surface area contributed by atoms with Crippen molar-refractivity contribution in [1.29, 1.82) is 0 Å². The Balaban J connectivity index is 3.23. The number of nitro groups is 1. The van der Waals surface area contributed by atoms with E-state index in [9.17, 15) is 10.1 Å². The van der Waals surface area contributed by atoms with Gasteiger partial charge in [-0.2, -0.15) is 0 Å². The third-order valence-electron chi connectivity index (χ3n) is 1.78. The van der Waals surface area contributed by atoms with Gasteiger partial charge in [0.15, 0.2) is 0 Å². The van der Waals surface area contributed by atoms with E-state index in [4.69, 9.17) is 0 Å². The lowest BCUT2D eigenvalue weighted by atomic mass is 10.1. The number of nitrogens with zero attached hydrogens (tertiary/aromatic N) is 1. The van der Waals surface area contributed by atoms with E-state index in [-0.39, 0.29) is 10.6 Å². The molecule has 1 rings (SSSR count). The van der Waals surface area contributed by atoms with Gasteiger partial charge in [-0.1, -0.05) is 12.2 Å². The van der Waals surface area contributed by atoms with Crippen LogP contribution in [0.5, 0.6) is 0 Å². The molecule has 0 heterocycles. The van der Waals surface area contributed by atoms with Crippen molar-refractivity contribution >= 4 is 23.5 Å². The molecule has 0 fully saturated rings. The minimum Gasteiger partial charge on any atom is -0.258 e. The van der Waals surface area contributed by atoms with Crippen molar-refractivity contribution in [2.45, 2.75) is 11.8 Å². The van der Waals surface area contributed by atoms with Gasteiger partial charge in [0.1, 0.15) is 0 Å². The predicted molar refractivity (Wildman–Crippen MR) is 59.6 cm³/mol. The van der Waals surface area contributed by atoms with E-state index in [2.05, 4.69) is 0 Å². The maximum absolute atomic E-state index is 10.7. The molecule has 0 radical (unpaired) electrons. The van der Waals surface area contributed by atoms with Crippen molar-refractivity contribution in [1.82, 2.24) is 0 Å². The predicted octanol–water partition coefficient (Wildman–Crippen LogP) is 3.35. The molecule has 0 amide bonds. The minimum atomic E-state index is -0.352. The lowest BCUT2D eigenvalue weighted by molar-refractivity contribution is -0.385. The van der Waals surface area contributed by atoms with Crippen molar-refractivity contribution in [3.8, 4) is 0 Å². The molecule has 1 aromatic rings. The van der Waals surface area contributed by atoms with Crippen molar-refractivity contribution in [2.24, 2.45) is 0 Å². The molecule has 0 N–H and O–H groups in total. The van der Waals surface area contributed by atoms with Crippen molar-refractivity contribution < 1.29 is 4.92 Å². The van der Waals surface area contributed by atoms with Gasteiger partial charge in [-0.3, -0.25) is 10.1 Å². The number of allylic oxidation sites excluding steroid dienone is 1. The first-order chi connectivity index (χ1) is 6.69. The summed E-state index contributed by atoms with van der Waals surface area (Å²) in [5.41, 5.74) is 0.810. The summed E-state index contributed by atoms with van der Waals surface area (Å²) in [5, 5.41) is 10.7. The Hall–Kier alpha value is -1.29. The molecule has 14 heavy (non-hydrogen) atoms. The first-order valence-corrected chi connectivity index (χ1v) is 5.36. The number of hydrogen-bond acceptors (Lipinski definition) is 3. The number of benzene rings is 1. The van der Waals surface area contributed by atoms with Crippen LogP contribution < -0.4 is 0 Å². The fourth-order valence-electron chi connectivity index (χ4n) is 1.13. The fraction of sp³-hybridized carbons (Fsp3) is 0.200. The average molecular weight is 209 g/mol. The summed E-state index contributed by atoms with van der Waals surface area (Å²) in [6.07, 6.45) is 5.43. The summed E-state index contributed by atoms with van der Waals surface area (Å²) in [5.74, 6) is 0. The van der Waals surface area contributed by atoms with Gasteiger partial charge in [-0.25, -0.2) is 0 Å². The second kappa shape index (κ2) is 4.81. The molecule has 0 aromatic heterocycles. The van der Waals surface area contributed by atoms with E-state index in [1.54, 1.807) is 24.3 Å². The molecule has 0 aliphatic carbocycles. The molecule has 0 aliphatic rings. The van der Waals surface area contributed by atoms with E-state index >= 15 is 0 Å². The fourth-order valence-corrected chi connectivity index (χ4v) is 1.56. The summed E-state index contributed by atoms with van der Waals surface area (Å²) in [4.78, 5) is 11.3. The summed E-state index contributed by atoms with van der Waals surface area (Å²) in [6, 6.07) is 5.25.